The summed E-state index contributed by atoms with van der Waals surface area (Å²) in [6, 6.07) is 1.57. The number of rotatable bonds is 4. The number of nitrogens with two attached hydrogens (primary N) is 1. The summed E-state index contributed by atoms with van der Waals surface area (Å²) in [6.07, 6.45) is 3.31. The van der Waals surface area contributed by atoms with Crippen LogP contribution in [0.3, 0.4) is 0 Å². The number of carbonyl (C=O) groups excluding carboxylic acids is 2. The zero-order valence-electron chi connectivity index (χ0n) is 10.5. The molecule has 7 heteroatoms. The summed E-state index contributed by atoms with van der Waals surface area (Å²) >= 11 is 0. The minimum Gasteiger partial charge on any atom is -0.449 e. The Balaban J connectivity index is 1.88. The SMILES string of the molecule is NC(=O)OCC1CCN(c2nccc(C=O)n2)CC1. The maximum atomic E-state index is 10.7. The molecule has 2 heterocycles. The Labute approximate surface area is 110 Å². The molecule has 2 rings (SSSR count). The lowest BCUT2D eigenvalue weighted by Gasteiger charge is -2.31. The number of carbonyl (C=O) groups is 2. The van der Waals surface area contributed by atoms with E-state index in [1.165, 1.54) is 0 Å². The monoisotopic (exact) mass is 264 g/mol. The summed E-state index contributed by atoms with van der Waals surface area (Å²) in [5.41, 5.74) is 5.31. The maximum absolute atomic E-state index is 10.7. The molecule has 1 saturated heterocycles. The lowest BCUT2D eigenvalue weighted by atomic mass is 9.98. The van der Waals surface area contributed by atoms with Crippen molar-refractivity contribution in [2.45, 2.75) is 12.8 Å². The first-order valence-electron chi connectivity index (χ1n) is 6.14. The first kappa shape index (κ1) is 13.3. The van der Waals surface area contributed by atoms with Crippen LogP contribution in [0.1, 0.15) is 23.3 Å². The quantitative estimate of drug-likeness (QED) is 0.799. The predicted octanol–water partition coefficient (Wildman–Crippen LogP) is 0.601. The highest BCUT2D eigenvalue weighted by molar-refractivity contribution is 5.72. The van der Waals surface area contributed by atoms with Gasteiger partial charge in [0.2, 0.25) is 5.95 Å². The van der Waals surface area contributed by atoms with Gasteiger partial charge in [-0.1, -0.05) is 0 Å². The Morgan fingerprint density at radius 2 is 2.26 bits per heavy atom. The molecule has 19 heavy (non-hydrogen) atoms. The van der Waals surface area contributed by atoms with Crippen molar-refractivity contribution in [3.8, 4) is 0 Å². The van der Waals surface area contributed by atoms with E-state index in [-0.39, 0.29) is 0 Å². The van der Waals surface area contributed by atoms with E-state index in [1.807, 2.05) is 4.90 Å². The number of nitrogens with zero attached hydrogens (tertiary/aromatic N) is 3. The molecule has 0 radical (unpaired) electrons. The summed E-state index contributed by atoms with van der Waals surface area (Å²) in [6.45, 7) is 1.91. The molecule has 0 saturated carbocycles. The molecule has 1 aliphatic heterocycles. The highest BCUT2D eigenvalue weighted by Gasteiger charge is 2.21. The summed E-state index contributed by atoms with van der Waals surface area (Å²) in [5.74, 6) is 0.886. The Morgan fingerprint density at radius 1 is 1.53 bits per heavy atom. The molecule has 1 amide bonds. The third-order valence-corrected chi connectivity index (χ3v) is 3.14. The second kappa shape index (κ2) is 6.12. The molecule has 7 nitrogen and oxygen atoms in total. The van der Waals surface area contributed by atoms with E-state index in [0.29, 0.717) is 30.5 Å². The van der Waals surface area contributed by atoms with E-state index in [0.717, 1.165) is 25.9 Å². The predicted molar refractivity (Wildman–Crippen MR) is 67.9 cm³/mol. The summed E-state index contributed by atoms with van der Waals surface area (Å²) in [7, 11) is 0. The molecule has 0 bridgehead atoms. The van der Waals surface area contributed by atoms with E-state index in [9.17, 15) is 9.59 Å². The van der Waals surface area contributed by atoms with Gasteiger partial charge in [-0.05, 0) is 24.8 Å². The number of piperidine rings is 1. The average molecular weight is 264 g/mol. The van der Waals surface area contributed by atoms with Crippen molar-refractivity contribution in [3.05, 3.63) is 18.0 Å². The number of ether oxygens (including phenoxy) is 1. The molecule has 1 aromatic rings. The van der Waals surface area contributed by atoms with Gasteiger partial charge in [0.05, 0.1) is 6.61 Å². The van der Waals surface area contributed by atoms with Crippen LogP contribution >= 0.6 is 0 Å². The van der Waals surface area contributed by atoms with Crippen LogP contribution in [0.4, 0.5) is 10.7 Å². The number of hydrogen-bond donors (Lipinski definition) is 1. The highest BCUT2D eigenvalue weighted by Crippen LogP contribution is 2.20. The third-order valence-electron chi connectivity index (χ3n) is 3.14. The van der Waals surface area contributed by atoms with E-state index in [1.54, 1.807) is 12.3 Å². The number of amides is 1. The molecule has 0 spiro atoms. The topological polar surface area (TPSA) is 98.4 Å². The Bertz CT molecular complexity index is 458. The fourth-order valence-electron chi connectivity index (χ4n) is 2.08. The van der Waals surface area contributed by atoms with Crippen molar-refractivity contribution in [2.75, 3.05) is 24.6 Å². The lowest BCUT2D eigenvalue weighted by molar-refractivity contribution is 0.111. The molecular weight excluding hydrogens is 248 g/mol. The summed E-state index contributed by atoms with van der Waals surface area (Å²) in [5, 5.41) is 0. The van der Waals surface area contributed by atoms with Crippen LogP contribution in [-0.4, -0.2) is 42.0 Å². The fourth-order valence-corrected chi connectivity index (χ4v) is 2.08. The fraction of sp³-hybridized carbons (Fsp3) is 0.500. The number of primary amides is 1. The van der Waals surface area contributed by atoms with Crippen molar-refractivity contribution in [1.82, 2.24) is 9.97 Å². The van der Waals surface area contributed by atoms with Gasteiger partial charge in [0, 0.05) is 19.3 Å². The van der Waals surface area contributed by atoms with Crippen molar-refractivity contribution in [1.29, 1.82) is 0 Å². The molecule has 1 fully saturated rings. The minimum absolute atomic E-state index is 0.318. The molecule has 1 aliphatic rings. The molecule has 0 atom stereocenters. The highest BCUT2D eigenvalue weighted by atomic mass is 16.5. The van der Waals surface area contributed by atoms with Crippen LogP contribution < -0.4 is 10.6 Å². The van der Waals surface area contributed by atoms with E-state index < -0.39 is 6.09 Å². The van der Waals surface area contributed by atoms with Gasteiger partial charge < -0.3 is 15.4 Å². The second-order valence-corrected chi connectivity index (χ2v) is 4.46. The van der Waals surface area contributed by atoms with Crippen LogP contribution in [0.2, 0.25) is 0 Å². The Morgan fingerprint density at radius 3 is 2.89 bits per heavy atom. The molecule has 0 aromatic carbocycles. The van der Waals surface area contributed by atoms with Gasteiger partial charge in [0.15, 0.2) is 6.29 Å². The first-order valence-corrected chi connectivity index (χ1v) is 6.14. The molecular formula is C12H16N4O3. The van der Waals surface area contributed by atoms with Crippen LogP contribution in [0.25, 0.3) is 0 Å². The van der Waals surface area contributed by atoms with Gasteiger partial charge in [-0.25, -0.2) is 14.8 Å². The zero-order valence-corrected chi connectivity index (χ0v) is 10.5. The molecule has 1 aromatic heterocycles. The van der Waals surface area contributed by atoms with Gasteiger partial charge in [-0.3, -0.25) is 4.79 Å². The van der Waals surface area contributed by atoms with E-state index >= 15 is 0 Å². The van der Waals surface area contributed by atoms with Gasteiger partial charge in [0.1, 0.15) is 5.69 Å². The molecule has 0 unspecified atom stereocenters. The second-order valence-electron chi connectivity index (χ2n) is 4.46. The number of hydrogen-bond acceptors (Lipinski definition) is 6. The van der Waals surface area contributed by atoms with Crippen molar-refractivity contribution in [3.63, 3.8) is 0 Å². The molecule has 2 N–H and O–H groups in total. The standard InChI is InChI=1S/C12H16N4O3/c13-11(18)19-8-9-2-5-16(6-3-9)12-14-4-1-10(7-17)15-12/h1,4,7,9H,2-3,5-6,8H2,(H2,13,18). The van der Waals surface area contributed by atoms with Crippen LogP contribution in [0.15, 0.2) is 12.3 Å². The lowest BCUT2D eigenvalue weighted by Crippen LogP contribution is -2.36. The van der Waals surface area contributed by atoms with Gasteiger partial charge in [0.25, 0.3) is 0 Å². The van der Waals surface area contributed by atoms with Crippen molar-refractivity contribution in [2.24, 2.45) is 11.7 Å². The Kier molecular flexibility index (Phi) is 4.27. The molecule has 0 aliphatic carbocycles. The van der Waals surface area contributed by atoms with Crippen molar-refractivity contribution < 1.29 is 14.3 Å². The van der Waals surface area contributed by atoms with Crippen LogP contribution in [-0.2, 0) is 4.74 Å². The minimum atomic E-state index is -0.732. The average Bonchev–Trinajstić information content (AvgIpc) is 2.45. The number of anilines is 1. The zero-order chi connectivity index (χ0) is 13.7. The molecule has 102 valence electrons. The first-order chi connectivity index (χ1) is 9.19. The van der Waals surface area contributed by atoms with Gasteiger partial charge in [-0.15, -0.1) is 0 Å². The van der Waals surface area contributed by atoms with E-state index in [4.69, 9.17) is 10.5 Å². The maximum Gasteiger partial charge on any atom is 0.404 e. The smallest absolute Gasteiger partial charge is 0.404 e. The third kappa shape index (κ3) is 3.64. The van der Waals surface area contributed by atoms with Crippen molar-refractivity contribution >= 4 is 18.3 Å². The van der Waals surface area contributed by atoms with Crippen LogP contribution in [0.5, 0.6) is 0 Å². The Hall–Kier alpha value is -2.18. The number of aldehydes is 1. The van der Waals surface area contributed by atoms with Gasteiger partial charge in [-0.2, -0.15) is 0 Å². The summed E-state index contributed by atoms with van der Waals surface area (Å²) < 4.78 is 4.80. The van der Waals surface area contributed by atoms with Crippen LogP contribution in [0, 0.1) is 5.92 Å². The number of aromatic nitrogens is 2. The van der Waals surface area contributed by atoms with E-state index in [2.05, 4.69) is 9.97 Å². The largest absolute Gasteiger partial charge is 0.449 e. The normalized spacial score (nSPS) is 16.1. The summed E-state index contributed by atoms with van der Waals surface area (Å²) in [4.78, 5) is 31.5. The van der Waals surface area contributed by atoms with Gasteiger partial charge >= 0.3 is 6.09 Å².